The molecule has 0 saturated carbocycles. The van der Waals surface area contributed by atoms with Crippen LogP contribution in [0.4, 0.5) is 0 Å². The van der Waals surface area contributed by atoms with Gasteiger partial charge in [0.05, 0.1) is 12.7 Å². The Kier molecular flexibility index (Phi) is 14.0. The van der Waals surface area contributed by atoms with Gasteiger partial charge in [-0.05, 0) is 65.1 Å². The number of ether oxygens (including phenoxy) is 1. The quantitative estimate of drug-likeness (QED) is 0.111. The SMILES string of the molecule is CCCCCCCCCCC=C(C=C(OCC)O[Si](C)(C)C)O[Si](C)(C)C. The summed E-state index contributed by atoms with van der Waals surface area (Å²) in [5.41, 5.74) is 0. The van der Waals surface area contributed by atoms with Gasteiger partial charge < -0.3 is 13.6 Å². The third-order valence-corrected chi connectivity index (χ3v) is 5.44. The van der Waals surface area contributed by atoms with E-state index in [1.54, 1.807) is 0 Å². The molecule has 0 bridgehead atoms. The maximum atomic E-state index is 6.28. The first-order chi connectivity index (χ1) is 12.6. The highest BCUT2D eigenvalue weighted by atomic mass is 28.4. The van der Waals surface area contributed by atoms with E-state index in [-0.39, 0.29) is 0 Å². The van der Waals surface area contributed by atoms with E-state index in [1.807, 2.05) is 13.0 Å². The summed E-state index contributed by atoms with van der Waals surface area (Å²) >= 11 is 0. The van der Waals surface area contributed by atoms with Crippen molar-refractivity contribution >= 4 is 16.6 Å². The lowest BCUT2D eigenvalue weighted by Crippen LogP contribution is -2.27. The van der Waals surface area contributed by atoms with Crippen LogP contribution in [-0.4, -0.2) is 23.2 Å². The number of hydrogen-bond acceptors (Lipinski definition) is 3. The smallest absolute Gasteiger partial charge is 0.268 e. The molecule has 0 fully saturated rings. The summed E-state index contributed by atoms with van der Waals surface area (Å²) in [6.45, 7) is 18.0. The largest absolute Gasteiger partial charge is 0.544 e. The number of unbranched alkanes of at least 4 members (excludes halogenated alkanes) is 8. The highest BCUT2D eigenvalue weighted by Gasteiger charge is 2.21. The van der Waals surface area contributed by atoms with Crippen LogP contribution in [0.3, 0.4) is 0 Å². The Labute approximate surface area is 171 Å². The zero-order chi connectivity index (χ0) is 20.8. The molecule has 0 aliphatic carbocycles. The molecule has 0 unspecified atom stereocenters. The third-order valence-electron chi connectivity index (χ3n) is 3.78. The van der Waals surface area contributed by atoms with E-state index in [0.717, 1.165) is 12.2 Å². The Bertz CT molecular complexity index is 432. The average Bonchev–Trinajstić information content (AvgIpc) is 2.50. The average molecular weight is 415 g/mol. The minimum Gasteiger partial charge on any atom is -0.544 e. The highest BCUT2D eigenvalue weighted by molar-refractivity contribution is 6.70. The minimum atomic E-state index is -1.71. The molecule has 160 valence electrons. The van der Waals surface area contributed by atoms with Crippen molar-refractivity contribution in [1.29, 1.82) is 0 Å². The first kappa shape index (κ1) is 26.3. The monoisotopic (exact) mass is 414 g/mol. The molecule has 0 rings (SSSR count). The fourth-order valence-corrected chi connectivity index (χ4v) is 4.24. The van der Waals surface area contributed by atoms with Gasteiger partial charge >= 0.3 is 0 Å². The van der Waals surface area contributed by atoms with Gasteiger partial charge in [-0.2, -0.15) is 0 Å². The van der Waals surface area contributed by atoms with Crippen molar-refractivity contribution in [2.45, 2.75) is 111 Å². The fraction of sp³-hybridized carbons (Fsp3) is 0.818. The highest BCUT2D eigenvalue weighted by Crippen LogP contribution is 2.19. The topological polar surface area (TPSA) is 27.7 Å². The van der Waals surface area contributed by atoms with E-state index in [9.17, 15) is 0 Å². The molecule has 0 N–H and O–H groups in total. The van der Waals surface area contributed by atoms with Crippen LogP contribution in [0, 0.1) is 0 Å². The van der Waals surface area contributed by atoms with Crippen LogP contribution in [-0.2, 0) is 13.6 Å². The maximum Gasteiger partial charge on any atom is 0.268 e. The third kappa shape index (κ3) is 18.4. The van der Waals surface area contributed by atoms with Crippen molar-refractivity contribution in [3.05, 3.63) is 23.9 Å². The Morgan fingerprint density at radius 3 is 1.70 bits per heavy atom. The molecule has 27 heavy (non-hydrogen) atoms. The lowest BCUT2D eigenvalue weighted by Gasteiger charge is -2.24. The van der Waals surface area contributed by atoms with Gasteiger partial charge in [0.15, 0.2) is 0 Å². The Morgan fingerprint density at radius 2 is 1.22 bits per heavy atom. The second-order valence-corrected chi connectivity index (χ2v) is 18.1. The van der Waals surface area contributed by atoms with Crippen LogP contribution in [0.2, 0.25) is 39.3 Å². The molecule has 0 aromatic heterocycles. The van der Waals surface area contributed by atoms with Crippen molar-refractivity contribution in [2.75, 3.05) is 6.61 Å². The second-order valence-electron chi connectivity index (χ2n) is 9.20. The van der Waals surface area contributed by atoms with Gasteiger partial charge in [0.25, 0.3) is 5.95 Å². The summed E-state index contributed by atoms with van der Waals surface area (Å²) in [5, 5.41) is 0. The van der Waals surface area contributed by atoms with Gasteiger partial charge in [0.1, 0.15) is 5.76 Å². The molecule has 0 heterocycles. The molecule has 0 spiro atoms. The van der Waals surface area contributed by atoms with E-state index in [2.05, 4.69) is 52.3 Å². The molecule has 5 heteroatoms. The van der Waals surface area contributed by atoms with Crippen LogP contribution in [0.15, 0.2) is 23.9 Å². The zero-order valence-corrected chi connectivity index (χ0v) is 21.5. The predicted octanol–water partition coefficient (Wildman–Crippen LogP) is 7.98. The summed E-state index contributed by atoms with van der Waals surface area (Å²) in [7, 11) is -3.39. The van der Waals surface area contributed by atoms with E-state index in [0.29, 0.717) is 12.6 Å². The van der Waals surface area contributed by atoms with Crippen LogP contribution in [0.25, 0.3) is 0 Å². The van der Waals surface area contributed by atoms with Crippen LogP contribution >= 0.6 is 0 Å². The van der Waals surface area contributed by atoms with E-state index < -0.39 is 16.6 Å². The molecule has 0 atom stereocenters. The first-order valence-electron chi connectivity index (χ1n) is 11.0. The standard InChI is InChI=1S/C22H46O3Si2/c1-9-11-12-13-14-15-16-17-18-19-21(24-26(3,4)5)20-22(23-10-2)25-27(6,7)8/h19-20H,9-18H2,1-8H3. The summed E-state index contributed by atoms with van der Waals surface area (Å²) in [5.74, 6) is 1.52. The summed E-state index contributed by atoms with van der Waals surface area (Å²) < 4.78 is 18.1. The molecule has 3 nitrogen and oxygen atoms in total. The van der Waals surface area contributed by atoms with Crippen molar-refractivity contribution in [3.8, 4) is 0 Å². The van der Waals surface area contributed by atoms with Crippen molar-refractivity contribution < 1.29 is 13.6 Å². The van der Waals surface area contributed by atoms with Crippen LogP contribution in [0.5, 0.6) is 0 Å². The molecule has 0 saturated heterocycles. The number of allylic oxidation sites excluding steroid dienone is 2. The van der Waals surface area contributed by atoms with E-state index >= 15 is 0 Å². The molecule has 0 aromatic rings. The summed E-state index contributed by atoms with van der Waals surface area (Å²) in [4.78, 5) is 0. The lowest BCUT2D eigenvalue weighted by atomic mass is 10.1. The summed E-state index contributed by atoms with van der Waals surface area (Å²) in [6, 6.07) is 0. The van der Waals surface area contributed by atoms with Gasteiger partial charge in [-0.3, -0.25) is 0 Å². The molecule has 0 radical (unpaired) electrons. The van der Waals surface area contributed by atoms with E-state index in [1.165, 1.54) is 51.4 Å². The Balaban J connectivity index is 4.68. The number of hydrogen-bond donors (Lipinski definition) is 0. The normalized spacial score (nSPS) is 13.6. The molecule has 0 amide bonds. The first-order valence-corrected chi connectivity index (χ1v) is 17.8. The van der Waals surface area contributed by atoms with Gasteiger partial charge in [-0.25, -0.2) is 0 Å². The maximum absolute atomic E-state index is 6.28. The van der Waals surface area contributed by atoms with Crippen LogP contribution in [0.1, 0.15) is 71.6 Å². The van der Waals surface area contributed by atoms with Gasteiger partial charge in [0.2, 0.25) is 16.6 Å². The summed E-state index contributed by atoms with van der Waals surface area (Å²) in [6.07, 6.45) is 16.0. The van der Waals surface area contributed by atoms with Crippen LogP contribution < -0.4 is 0 Å². The van der Waals surface area contributed by atoms with Gasteiger partial charge in [-0.1, -0.05) is 51.9 Å². The van der Waals surface area contributed by atoms with Gasteiger partial charge in [-0.15, -0.1) is 0 Å². The van der Waals surface area contributed by atoms with Crippen molar-refractivity contribution in [1.82, 2.24) is 0 Å². The minimum absolute atomic E-state index is 0.606. The molecule has 0 aromatic carbocycles. The van der Waals surface area contributed by atoms with Crippen molar-refractivity contribution in [3.63, 3.8) is 0 Å². The van der Waals surface area contributed by atoms with E-state index in [4.69, 9.17) is 13.6 Å². The Morgan fingerprint density at radius 1 is 0.704 bits per heavy atom. The fourth-order valence-electron chi connectivity index (χ4n) is 2.67. The molecular weight excluding hydrogens is 368 g/mol. The molecule has 0 aliphatic rings. The Hall–Kier alpha value is -0.686. The zero-order valence-electron chi connectivity index (χ0n) is 19.5. The van der Waals surface area contributed by atoms with Crippen molar-refractivity contribution in [2.24, 2.45) is 0 Å². The lowest BCUT2D eigenvalue weighted by molar-refractivity contribution is 0.111. The molecule has 0 aliphatic heterocycles. The second kappa shape index (κ2) is 14.3. The molecular formula is C22H46O3Si2. The number of rotatable bonds is 16. The van der Waals surface area contributed by atoms with Gasteiger partial charge in [0, 0.05) is 0 Å². The predicted molar refractivity (Wildman–Crippen MR) is 124 cm³/mol.